The fourth-order valence-electron chi connectivity index (χ4n) is 4.22. The summed E-state index contributed by atoms with van der Waals surface area (Å²) < 4.78 is 11.9. The molecule has 0 aromatic heterocycles. The SMILES string of the molecule is C=Cc1c(C)c(OCc2ccccc2)cc(C)c1C(=O)Oc1c(C)c(C)c(C(=O)O)c(C)c1C. The molecule has 0 fully saturated rings. The van der Waals surface area contributed by atoms with Crippen LogP contribution in [-0.2, 0) is 6.61 Å². The van der Waals surface area contributed by atoms with Gasteiger partial charge in [-0.1, -0.05) is 43.0 Å². The molecule has 0 aliphatic carbocycles. The van der Waals surface area contributed by atoms with Gasteiger partial charge in [0, 0.05) is 0 Å². The predicted octanol–water partition coefficient (Wildman–Crippen LogP) is 6.68. The van der Waals surface area contributed by atoms with Gasteiger partial charge in [-0.25, -0.2) is 9.59 Å². The predicted molar refractivity (Wildman–Crippen MR) is 134 cm³/mol. The standard InChI is InChI=1S/C29H30O5/c1-8-23-21(7)24(33-15-22-12-10-9-11-13-22)14-16(2)25(23)29(32)34-27-19(5)17(3)26(28(30)31)18(4)20(27)6/h8-14H,1,15H2,2-7H3,(H,30,31). The van der Waals surface area contributed by atoms with Gasteiger partial charge in [0.2, 0.25) is 0 Å². The fourth-order valence-corrected chi connectivity index (χ4v) is 4.22. The molecule has 0 atom stereocenters. The van der Waals surface area contributed by atoms with E-state index in [2.05, 4.69) is 6.58 Å². The first-order valence-corrected chi connectivity index (χ1v) is 11.1. The Balaban J connectivity index is 1.99. The molecule has 0 saturated heterocycles. The zero-order chi connectivity index (χ0) is 25.2. The number of esters is 1. The molecule has 0 radical (unpaired) electrons. The van der Waals surface area contributed by atoms with Crippen molar-refractivity contribution < 1.29 is 24.2 Å². The Morgan fingerprint density at radius 1 is 0.882 bits per heavy atom. The molecular weight excluding hydrogens is 428 g/mol. The molecule has 0 heterocycles. The number of carboxylic acids is 1. The molecule has 0 bridgehead atoms. The molecule has 0 amide bonds. The van der Waals surface area contributed by atoms with Gasteiger partial charge in [0.05, 0.1) is 11.1 Å². The lowest BCUT2D eigenvalue weighted by Gasteiger charge is -2.20. The normalized spacial score (nSPS) is 10.6. The average molecular weight is 459 g/mol. The second-order valence-electron chi connectivity index (χ2n) is 8.48. The summed E-state index contributed by atoms with van der Waals surface area (Å²) in [7, 11) is 0. The van der Waals surface area contributed by atoms with Gasteiger partial charge < -0.3 is 14.6 Å². The molecule has 0 aliphatic heterocycles. The van der Waals surface area contributed by atoms with E-state index in [0.717, 1.165) is 11.1 Å². The third-order valence-corrected chi connectivity index (χ3v) is 6.40. The number of ether oxygens (including phenoxy) is 2. The summed E-state index contributed by atoms with van der Waals surface area (Å²) in [5.74, 6) is -0.442. The summed E-state index contributed by atoms with van der Waals surface area (Å²) in [6.45, 7) is 15.0. The Kier molecular flexibility index (Phi) is 7.26. The first-order chi connectivity index (χ1) is 16.1. The number of aromatic carboxylic acids is 1. The van der Waals surface area contributed by atoms with Crippen molar-refractivity contribution in [3.63, 3.8) is 0 Å². The van der Waals surface area contributed by atoms with Crippen molar-refractivity contribution in [2.75, 3.05) is 0 Å². The smallest absolute Gasteiger partial charge is 0.344 e. The molecule has 5 nitrogen and oxygen atoms in total. The van der Waals surface area contributed by atoms with Crippen LogP contribution in [0.15, 0.2) is 43.0 Å². The number of hydrogen-bond donors (Lipinski definition) is 1. The van der Waals surface area contributed by atoms with Crippen LogP contribution in [0.2, 0.25) is 0 Å². The van der Waals surface area contributed by atoms with Gasteiger partial charge in [-0.15, -0.1) is 0 Å². The summed E-state index contributed by atoms with van der Waals surface area (Å²) in [5, 5.41) is 9.59. The molecule has 3 aromatic rings. The van der Waals surface area contributed by atoms with Crippen LogP contribution in [-0.4, -0.2) is 17.0 Å². The maximum Gasteiger partial charge on any atom is 0.344 e. The second kappa shape index (κ2) is 9.96. The minimum atomic E-state index is -0.995. The van der Waals surface area contributed by atoms with E-state index >= 15 is 0 Å². The minimum absolute atomic E-state index is 0.244. The van der Waals surface area contributed by atoms with Gasteiger partial charge in [0.25, 0.3) is 0 Å². The topological polar surface area (TPSA) is 72.8 Å². The maximum atomic E-state index is 13.4. The van der Waals surface area contributed by atoms with Crippen LogP contribution in [0.5, 0.6) is 11.5 Å². The highest BCUT2D eigenvalue weighted by molar-refractivity contribution is 5.98. The highest BCUT2D eigenvalue weighted by atomic mass is 16.5. The van der Waals surface area contributed by atoms with Crippen LogP contribution in [0.3, 0.4) is 0 Å². The molecule has 3 aromatic carbocycles. The van der Waals surface area contributed by atoms with Crippen molar-refractivity contribution in [3.8, 4) is 11.5 Å². The van der Waals surface area contributed by atoms with E-state index in [9.17, 15) is 14.7 Å². The van der Waals surface area contributed by atoms with E-state index in [1.165, 1.54) is 0 Å². The van der Waals surface area contributed by atoms with E-state index in [4.69, 9.17) is 9.47 Å². The molecule has 176 valence electrons. The molecule has 0 saturated carbocycles. The summed E-state index contributed by atoms with van der Waals surface area (Å²) in [6.07, 6.45) is 1.64. The first-order valence-electron chi connectivity index (χ1n) is 11.1. The summed E-state index contributed by atoms with van der Waals surface area (Å²) in [4.78, 5) is 25.1. The zero-order valence-corrected chi connectivity index (χ0v) is 20.5. The van der Waals surface area contributed by atoms with Crippen LogP contribution in [0, 0.1) is 41.5 Å². The van der Waals surface area contributed by atoms with E-state index in [0.29, 0.717) is 57.1 Å². The Bertz CT molecular complexity index is 1260. The molecule has 1 N–H and O–H groups in total. The van der Waals surface area contributed by atoms with Gasteiger partial charge in [0.15, 0.2) is 0 Å². The highest BCUT2D eigenvalue weighted by Crippen LogP contribution is 2.35. The lowest BCUT2D eigenvalue weighted by atomic mass is 9.92. The molecule has 34 heavy (non-hydrogen) atoms. The number of carbonyl (C=O) groups excluding carboxylic acids is 1. The number of rotatable bonds is 7. The Labute approximate surface area is 200 Å². The van der Waals surface area contributed by atoms with Crippen LogP contribution in [0.25, 0.3) is 6.08 Å². The van der Waals surface area contributed by atoms with Crippen molar-refractivity contribution in [1.29, 1.82) is 0 Å². The quantitative estimate of drug-likeness (QED) is 0.316. The fraction of sp³-hybridized carbons (Fsp3) is 0.241. The number of aryl methyl sites for hydroxylation is 1. The van der Waals surface area contributed by atoms with E-state index in [-0.39, 0.29) is 5.56 Å². The van der Waals surface area contributed by atoms with Gasteiger partial charge in [0.1, 0.15) is 18.1 Å². The molecular formula is C29H30O5. The monoisotopic (exact) mass is 458 g/mol. The maximum absolute atomic E-state index is 13.4. The second-order valence-corrected chi connectivity index (χ2v) is 8.48. The number of hydrogen-bond acceptors (Lipinski definition) is 4. The van der Waals surface area contributed by atoms with Gasteiger partial charge >= 0.3 is 11.9 Å². The van der Waals surface area contributed by atoms with Crippen molar-refractivity contribution in [2.45, 2.75) is 48.1 Å². The van der Waals surface area contributed by atoms with Crippen LogP contribution < -0.4 is 9.47 Å². The van der Waals surface area contributed by atoms with Gasteiger partial charge in [-0.3, -0.25) is 0 Å². The van der Waals surface area contributed by atoms with Gasteiger partial charge in [-0.2, -0.15) is 0 Å². The molecule has 0 aliphatic rings. The van der Waals surface area contributed by atoms with Crippen molar-refractivity contribution in [1.82, 2.24) is 0 Å². The summed E-state index contributed by atoms with van der Waals surface area (Å²) in [6, 6.07) is 11.7. The average Bonchev–Trinajstić information content (AvgIpc) is 2.81. The highest BCUT2D eigenvalue weighted by Gasteiger charge is 2.25. The van der Waals surface area contributed by atoms with E-state index in [1.807, 2.05) is 50.2 Å². The summed E-state index contributed by atoms with van der Waals surface area (Å²) >= 11 is 0. The Hall–Kier alpha value is -3.86. The third-order valence-electron chi connectivity index (χ3n) is 6.40. The van der Waals surface area contributed by atoms with Crippen LogP contribution in [0.1, 0.15) is 65.2 Å². The van der Waals surface area contributed by atoms with Crippen molar-refractivity contribution >= 4 is 18.0 Å². The third kappa shape index (κ3) is 4.60. The number of carboxylic acid groups (broad SMARTS) is 1. The lowest BCUT2D eigenvalue weighted by molar-refractivity contribution is 0.0694. The molecule has 0 spiro atoms. The molecule has 5 heteroatoms. The number of benzene rings is 3. The lowest BCUT2D eigenvalue weighted by Crippen LogP contribution is -2.17. The van der Waals surface area contributed by atoms with E-state index in [1.54, 1.807) is 33.8 Å². The van der Waals surface area contributed by atoms with Crippen molar-refractivity contribution in [3.05, 3.63) is 98.6 Å². The van der Waals surface area contributed by atoms with E-state index < -0.39 is 11.9 Å². The van der Waals surface area contributed by atoms with Crippen molar-refractivity contribution in [2.24, 2.45) is 0 Å². The Morgan fingerprint density at radius 3 is 2.00 bits per heavy atom. The first kappa shape index (κ1) is 24.8. The van der Waals surface area contributed by atoms with Gasteiger partial charge in [-0.05, 0) is 92.1 Å². The van der Waals surface area contributed by atoms with Crippen LogP contribution in [0.4, 0.5) is 0 Å². The number of carbonyl (C=O) groups is 2. The van der Waals surface area contributed by atoms with Crippen LogP contribution >= 0.6 is 0 Å². The summed E-state index contributed by atoms with van der Waals surface area (Å²) in [5.41, 5.74) is 6.29. The molecule has 0 unspecified atom stereocenters. The zero-order valence-electron chi connectivity index (χ0n) is 20.5. The minimum Gasteiger partial charge on any atom is -0.489 e. The molecule has 3 rings (SSSR count). The Morgan fingerprint density at radius 2 is 1.47 bits per heavy atom. The largest absolute Gasteiger partial charge is 0.489 e.